The molecule has 0 saturated heterocycles. The average Bonchev–Trinajstić information content (AvgIpc) is 2.96. The molecule has 1 atom stereocenters. The Morgan fingerprint density at radius 3 is 2.46 bits per heavy atom. The van der Waals surface area contributed by atoms with Gasteiger partial charge in [0, 0.05) is 17.5 Å². The molecule has 0 aliphatic heterocycles. The van der Waals surface area contributed by atoms with E-state index in [1.807, 2.05) is 6.92 Å². The zero-order chi connectivity index (χ0) is 17.3. The summed E-state index contributed by atoms with van der Waals surface area (Å²) in [5.41, 5.74) is 3.63. The zero-order valence-corrected chi connectivity index (χ0v) is 15.3. The Hall–Kier alpha value is -1.98. The third kappa shape index (κ3) is 3.42. The molecule has 0 spiro atoms. The third-order valence-electron chi connectivity index (χ3n) is 4.00. The predicted octanol–water partition coefficient (Wildman–Crippen LogP) is 4.58. The number of aromatic nitrogens is 2. The van der Waals surface area contributed by atoms with E-state index in [2.05, 4.69) is 58.8 Å². The van der Waals surface area contributed by atoms with E-state index < -0.39 is 6.10 Å². The fraction of sp³-hybridized carbons (Fsp3) is 0.368. The number of benzene rings is 1. The Bertz CT molecular complexity index is 838. The minimum absolute atomic E-state index is 0.428. The minimum atomic E-state index is -0.428. The van der Waals surface area contributed by atoms with Gasteiger partial charge in [-0.2, -0.15) is 0 Å². The highest BCUT2D eigenvalue weighted by Gasteiger charge is 2.15. The lowest BCUT2D eigenvalue weighted by atomic mass is 9.99. The van der Waals surface area contributed by atoms with E-state index in [1.54, 1.807) is 18.3 Å². The van der Waals surface area contributed by atoms with Crippen LogP contribution in [0.5, 0.6) is 0 Å². The first-order chi connectivity index (χ1) is 11.5. The number of anilines is 1. The lowest BCUT2D eigenvalue weighted by Crippen LogP contribution is -2.16. The number of hydrogen-bond donors (Lipinski definition) is 2. The first kappa shape index (κ1) is 16.9. The molecule has 2 aromatic heterocycles. The molecule has 3 rings (SSSR count). The molecule has 1 aromatic carbocycles. The van der Waals surface area contributed by atoms with E-state index in [0.29, 0.717) is 12.5 Å². The van der Waals surface area contributed by atoms with Crippen molar-refractivity contribution in [2.24, 2.45) is 0 Å². The third-order valence-corrected chi connectivity index (χ3v) is 4.87. The Balaban J connectivity index is 2.07. The van der Waals surface area contributed by atoms with Crippen LogP contribution in [0.4, 0.5) is 5.82 Å². The summed E-state index contributed by atoms with van der Waals surface area (Å²) in [4.78, 5) is 10.1. The van der Waals surface area contributed by atoms with Crippen LogP contribution in [0.2, 0.25) is 0 Å². The van der Waals surface area contributed by atoms with Crippen LogP contribution < -0.4 is 5.32 Å². The molecule has 0 aliphatic carbocycles. The normalized spacial score (nSPS) is 12.8. The van der Waals surface area contributed by atoms with E-state index in [-0.39, 0.29) is 0 Å². The first-order valence-corrected chi connectivity index (χ1v) is 9.11. The number of nitrogens with zero attached hydrogens (tertiary/aromatic N) is 2. The Labute approximate surface area is 146 Å². The molecule has 1 unspecified atom stereocenters. The topological polar surface area (TPSA) is 58.0 Å². The molecular weight excluding hydrogens is 318 g/mol. The summed E-state index contributed by atoms with van der Waals surface area (Å²) in [5.74, 6) is 2.05. The van der Waals surface area contributed by atoms with Crippen LogP contribution in [0, 0.1) is 6.92 Å². The largest absolute Gasteiger partial charge is 0.392 e. The number of fused-ring (bicyclic) bond motifs is 1. The summed E-state index contributed by atoms with van der Waals surface area (Å²) in [7, 11) is 0. The zero-order valence-electron chi connectivity index (χ0n) is 14.5. The van der Waals surface area contributed by atoms with Gasteiger partial charge in [-0.25, -0.2) is 9.97 Å². The Kier molecular flexibility index (Phi) is 4.83. The van der Waals surface area contributed by atoms with E-state index in [0.717, 1.165) is 27.4 Å². The van der Waals surface area contributed by atoms with Crippen LogP contribution >= 0.6 is 11.3 Å². The summed E-state index contributed by atoms with van der Waals surface area (Å²) >= 11 is 1.63. The van der Waals surface area contributed by atoms with Crippen molar-refractivity contribution < 1.29 is 5.11 Å². The smallest absolute Gasteiger partial charge is 0.139 e. The van der Waals surface area contributed by atoms with Gasteiger partial charge in [0.25, 0.3) is 0 Å². The molecule has 5 heteroatoms. The lowest BCUT2D eigenvalue weighted by Gasteiger charge is -2.11. The molecule has 0 fully saturated rings. The molecule has 4 nitrogen and oxygen atoms in total. The second-order valence-corrected chi connectivity index (χ2v) is 7.31. The van der Waals surface area contributed by atoms with Gasteiger partial charge in [0.15, 0.2) is 0 Å². The quantitative estimate of drug-likeness (QED) is 0.713. The van der Waals surface area contributed by atoms with Gasteiger partial charge in [-0.3, -0.25) is 0 Å². The molecule has 2 N–H and O–H groups in total. The minimum Gasteiger partial charge on any atom is -0.392 e. The SMILES string of the molecule is Cc1nc(NCC(C)O)c2c(-c3ccc(C(C)C)cc3)csc2n1. The molecule has 0 saturated carbocycles. The molecule has 3 aromatic rings. The monoisotopic (exact) mass is 341 g/mol. The van der Waals surface area contributed by atoms with Gasteiger partial charge in [-0.1, -0.05) is 38.1 Å². The van der Waals surface area contributed by atoms with Crippen molar-refractivity contribution >= 4 is 27.4 Å². The highest BCUT2D eigenvalue weighted by molar-refractivity contribution is 7.17. The lowest BCUT2D eigenvalue weighted by molar-refractivity contribution is 0.208. The van der Waals surface area contributed by atoms with Crippen LogP contribution in [-0.4, -0.2) is 27.7 Å². The number of aliphatic hydroxyl groups excluding tert-OH is 1. The van der Waals surface area contributed by atoms with Gasteiger partial charge in [-0.05, 0) is 30.9 Å². The van der Waals surface area contributed by atoms with Gasteiger partial charge in [-0.15, -0.1) is 11.3 Å². The number of thiophene rings is 1. The van der Waals surface area contributed by atoms with Crippen molar-refractivity contribution in [2.75, 3.05) is 11.9 Å². The summed E-state index contributed by atoms with van der Waals surface area (Å²) in [5, 5.41) is 16.0. The van der Waals surface area contributed by atoms with Crippen molar-refractivity contribution in [1.29, 1.82) is 0 Å². The maximum absolute atomic E-state index is 9.57. The van der Waals surface area contributed by atoms with Crippen molar-refractivity contribution in [3.05, 3.63) is 41.0 Å². The van der Waals surface area contributed by atoms with Crippen LogP contribution in [0.1, 0.15) is 38.1 Å². The Morgan fingerprint density at radius 2 is 1.83 bits per heavy atom. The molecule has 2 heterocycles. The molecule has 0 bridgehead atoms. The van der Waals surface area contributed by atoms with Crippen LogP contribution in [0.15, 0.2) is 29.6 Å². The summed E-state index contributed by atoms with van der Waals surface area (Å²) in [6, 6.07) is 8.69. The number of hydrogen-bond acceptors (Lipinski definition) is 5. The Morgan fingerprint density at radius 1 is 1.12 bits per heavy atom. The standard InChI is InChI=1S/C19H23N3OS/c1-11(2)14-5-7-15(8-6-14)16-10-24-19-17(16)18(20-9-12(3)23)21-13(4)22-19/h5-8,10-12,23H,9H2,1-4H3,(H,20,21,22). The number of aliphatic hydroxyl groups is 1. The van der Waals surface area contributed by atoms with Crippen LogP contribution in [-0.2, 0) is 0 Å². The molecule has 126 valence electrons. The van der Waals surface area contributed by atoms with E-state index in [9.17, 15) is 5.11 Å². The maximum atomic E-state index is 9.57. The summed E-state index contributed by atoms with van der Waals surface area (Å²) in [6.45, 7) is 8.52. The second kappa shape index (κ2) is 6.87. The highest BCUT2D eigenvalue weighted by atomic mass is 32.1. The number of aryl methyl sites for hydroxylation is 1. The molecule has 0 radical (unpaired) electrons. The van der Waals surface area contributed by atoms with Gasteiger partial charge in [0.1, 0.15) is 16.5 Å². The first-order valence-electron chi connectivity index (χ1n) is 8.24. The maximum Gasteiger partial charge on any atom is 0.139 e. The van der Waals surface area contributed by atoms with Crippen LogP contribution in [0.25, 0.3) is 21.3 Å². The predicted molar refractivity (Wildman–Crippen MR) is 102 cm³/mol. The van der Waals surface area contributed by atoms with Gasteiger partial charge < -0.3 is 10.4 Å². The molecule has 0 aliphatic rings. The summed E-state index contributed by atoms with van der Waals surface area (Å²) in [6.07, 6.45) is -0.428. The number of rotatable bonds is 5. The van der Waals surface area contributed by atoms with E-state index in [1.165, 1.54) is 11.1 Å². The van der Waals surface area contributed by atoms with Crippen molar-refractivity contribution in [3.8, 4) is 11.1 Å². The van der Waals surface area contributed by atoms with Crippen molar-refractivity contribution in [1.82, 2.24) is 9.97 Å². The average molecular weight is 341 g/mol. The molecular formula is C19H23N3OS. The fourth-order valence-electron chi connectivity index (χ4n) is 2.68. The highest BCUT2D eigenvalue weighted by Crippen LogP contribution is 2.37. The summed E-state index contributed by atoms with van der Waals surface area (Å²) < 4.78 is 0. The van der Waals surface area contributed by atoms with Gasteiger partial charge in [0.05, 0.1) is 11.5 Å². The van der Waals surface area contributed by atoms with E-state index in [4.69, 9.17) is 0 Å². The number of nitrogens with one attached hydrogen (secondary N) is 1. The fourth-order valence-corrected chi connectivity index (χ4v) is 3.67. The van der Waals surface area contributed by atoms with E-state index >= 15 is 0 Å². The van der Waals surface area contributed by atoms with Gasteiger partial charge >= 0.3 is 0 Å². The second-order valence-electron chi connectivity index (χ2n) is 6.46. The van der Waals surface area contributed by atoms with Crippen LogP contribution in [0.3, 0.4) is 0 Å². The van der Waals surface area contributed by atoms with Crippen molar-refractivity contribution in [2.45, 2.75) is 39.7 Å². The van der Waals surface area contributed by atoms with Gasteiger partial charge in [0.2, 0.25) is 0 Å². The van der Waals surface area contributed by atoms with Crippen molar-refractivity contribution in [3.63, 3.8) is 0 Å². The molecule has 24 heavy (non-hydrogen) atoms. The molecule has 0 amide bonds.